The summed E-state index contributed by atoms with van der Waals surface area (Å²) in [6.45, 7) is 0. The Morgan fingerprint density at radius 1 is 0.442 bits per heavy atom. The van der Waals surface area contributed by atoms with Crippen LogP contribution in [-0.2, 0) is 12.4 Å². The predicted octanol–water partition coefficient (Wildman–Crippen LogP) is 11.9. The number of rotatable bonds is 4. The molecule has 0 unspecified atom stereocenters. The second-order valence-electron chi connectivity index (χ2n) is 12.2. The van der Waals surface area contributed by atoms with E-state index >= 15 is 0 Å². The van der Waals surface area contributed by atoms with Crippen molar-refractivity contribution in [2.75, 3.05) is 0 Å². The number of nitrogens with zero attached hydrogens (tertiary/aromatic N) is 4. The van der Waals surface area contributed by atoms with Crippen LogP contribution in [-0.4, -0.2) is 15.0 Å². The molecule has 0 amide bonds. The Bertz CT molecular complexity index is 2670. The first-order valence-electron chi connectivity index (χ1n) is 16.0. The zero-order valence-corrected chi connectivity index (χ0v) is 26.8. The zero-order valence-electron chi connectivity index (χ0n) is 26.8. The first-order chi connectivity index (χ1) is 25.0. The fourth-order valence-corrected chi connectivity index (χ4v) is 6.50. The van der Waals surface area contributed by atoms with E-state index in [1.54, 1.807) is 24.3 Å². The van der Waals surface area contributed by atoms with Gasteiger partial charge in [0.2, 0.25) is 0 Å². The van der Waals surface area contributed by atoms with Gasteiger partial charge in [-0.3, -0.25) is 0 Å². The monoisotopic (exact) mass is 696 g/mol. The van der Waals surface area contributed by atoms with Gasteiger partial charge in [-0.05, 0) is 41.5 Å². The van der Waals surface area contributed by atoms with Gasteiger partial charge in [0.15, 0.2) is 0 Å². The number of pyridine rings is 1. The average molecular weight is 697 g/mol. The number of hydrogen-bond donors (Lipinski definition) is 0. The summed E-state index contributed by atoms with van der Waals surface area (Å²) in [4.78, 5) is 15.3. The Labute approximate surface area is 292 Å². The van der Waals surface area contributed by atoms with Crippen LogP contribution in [0.15, 0.2) is 133 Å². The van der Waals surface area contributed by atoms with E-state index in [2.05, 4.69) is 6.07 Å². The minimum atomic E-state index is -4.98. The van der Waals surface area contributed by atoms with Gasteiger partial charge >= 0.3 is 12.4 Å². The van der Waals surface area contributed by atoms with Crippen molar-refractivity contribution < 1.29 is 26.3 Å². The minimum absolute atomic E-state index is 0.106. The summed E-state index contributed by atoms with van der Waals surface area (Å²) in [5, 5.41) is 12.3. The Hall–Kier alpha value is -6.60. The highest BCUT2D eigenvalue weighted by molar-refractivity contribution is 6.22. The van der Waals surface area contributed by atoms with Crippen molar-refractivity contribution in [2.24, 2.45) is 0 Å². The van der Waals surface area contributed by atoms with Crippen molar-refractivity contribution in [1.29, 1.82) is 5.26 Å². The van der Waals surface area contributed by atoms with Crippen LogP contribution in [0.25, 0.3) is 77.6 Å². The maximum Gasteiger partial charge on any atom is 0.416 e. The molecular weight excluding hydrogens is 674 g/mol. The zero-order chi connectivity index (χ0) is 36.2. The quantitative estimate of drug-likeness (QED) is 0.136. The summed E-state index contributed by atoms with van der Waals surface area (Å²) in [7, 11) is 0. The summed E-state index contributed by atoms with van der Waals surface area (Å²) in [6.07, 6.45) is -9.97. The lowest BCUT2D eigenvalue weighted by Crippen LogP contribution is -2.11. The van der Waals surface area contributed by atoms with Crippen LogP contribution in [0, 0.1) is 11.3 Å². The molecule has 6 aromatic carbocycles. The van der Waals surface area contributed by atoms with Crippen molar-refractivity contribution in [3.05, 3.63) is 150 Å². The third kappa shape index (κ3) is 5.76. The molecule has 0 aliphatic rings. The highest BCUT2D eigenvalue weighted by atomic mass is 19.4. The van der Waals surface area contributed by atoms with E-state index in [1.165, 1.54) is 12.1 Å². The van der Waals surface area contributed by atoms with Crippen LogP contribution in [0.2, 0.25) is 0 Å². The summed E-state index contributed by atoms with van der Waals surface area (Å²) in [5.41, 5.74) is 2.71. The van der Waals surface area contributed by atoms with Crippen LogP contribution in [0.4, 0.5) is 26.3 Å². The summed E-state index contributed by atoms with van der Waals surface area (Å²) < 4.78 is 81.9. The number of fused-ring (bicyclic) bond motifs is 5. The molecular formula is C42H22F6N4. The van der Waals surface area contributed by atoms with Gasteiger partial charge in [0.05, 0.1) is 56.4 Å². The van der Waals surface area contributed by atoms with E-state index in [9.17, 15) is 31.6 Å². The van der Waals surface area contributed by atoms with Crippen LogP contribution in [0.1, 0.15) is 16.7 Å². The lowest BCUT2D eigenvalue weighted by molar-refractivity contribution is -0.143. The second-order valence-corrected chi connectivity index (χ2v) is 12.2. The van der Waals surface area contributed by atoms with E-state index in [1.807, 2.05) is 78.9 Å². The third-order valence-electron chi connectivity index (χ3n) is 8.90. The van der Waals surface area contributed by atoms with Gasteiger partial charge in [-0.25, -0.2) is 15.0 Å². The second kappa shape index (κ2) is 12.3. The summed E-state index contributed by atoms with van der Waals surface area (Å²) in [6, 6.07) is 38.1. The smallest absolute Gasteiger partial charge is 0.247 e. The van der Waals surface area contributed by atoms with Gasteiger partial charge in [-0.15, -0.1) is 0 Å². The highest BCUT2D eigenvalue weighted by Gasteiger charge is 2.37. The van der Waals surface area contributed by atoms with Crippen molar-refractivity contribution in [1.82, 2.24) is 15.0 Å². The van der Waals surface area contributed by atoms with Gasteiger partial charge in [0.25, 0.3) is 0 Å². The van der Waals surface area contributed by atoms with E-state index in [0.29, 0.717) is 73.1 Å². The van der Waals surface area contributed by atoms with E-state index < -0.39 is 23.5 Å². The molecule has 52 heavy (non-hydrogen) atoms. The van der Waals surface area contributed by atoms with Gasteiger partial charge in [0.1, 0.15) is 0 Å². The fraction of sp³-hybridized carbons (Fsp3) is 0.0476. The molecule has 10 heteroatoms. The standard InChI is InChI=1S/C42H22F6N4/c43-41(44,45)30-19-28(20-31(22-30)42(46,47)48)24-15-17-27(18-16-24)37-36-35(32-13-7-8-14-33(32)50-37)29(23-49)21-34-40(36)52-39(26-11-5-2-6-12-26)38(51-34)25-9-3-1-4-10-25/h1-22H. The predicted molar refractivity (Wildman–Crippen MR) is 189 cm³/mol. The molecule has 252 valence electrons. The highest BCUT2D eigenvalue weighted by Crippen LogP contribution is 2.42. The number of para-hydroxylation sites is 1. The number of aromatic nitrogens is 3. The number of benzene rings is 6. The largest absolute Gasteiger partial charge is 0.416 e. The maximum atomic E-state index is 13.7. The molecule has 0 spiro atoms. The Balaban J connectivity index is 1.41. The molecule has 0 aliphatic heterocycles. The number of nitriles is 1. The SMILES string of the molecule is N#Cc1cc2nc(-c3ccccc3)c(-c3ccccc3)nc2c2c(-c3ccc(-c4cc(C(F)(F)F)cc(C(F)(F)F)c4)cc3)nc3ccccc3c12. The van der Waals surface area contributed by atoms with Gasteiger partial charge in [0, 0.05) is 32.8 Å². The Morgan fingerprint density at radius 2 is 0.942 bits per heavy atom. The van der Waals surface area contributed by atoms with Crippen molar-refractivity contribution >= 4 is 32.7 Å². The molecule has 0 bridgehead atoms. The van der Waals surface area contributed by atoms with Gasteiger partial charge in [-0.2, -0.15) is 31.6 Å². The van der Waals surface area contributed by atoms with Crippen LogP contribution >= 0.6 is 0 Å². The molecule has 0 saturated carbocycles. The molecule has 0 aliphatic carbocycles. The number of hydrogen-bond acceptors (Lipinski definition) is 4. The molecule has 0 atom stereocenters. The molecule has 8 rings (SSSR count). The average Bonchev–Trinajstić information content (AvgIpc) is 3.16. The van der Waals surface area contributed by atoms with Crippen molar-refractivity contribution in [3.63, 3.8) is 0 Å². The minimum Gasteiger partial charge on any atom is -0.247 e. The topological polar surface area (TPSA) is 62.5 Å². The van der Waals surface area contributed by atoms with Crippen LogP contribution in [0.5, 0.6) is 0 Å². The molecule has 4 nitrogen and oxygen atoms in total. The molecule has 0 N–H and O–H groups in total. The Kier molecular flexibility index (Phi) is 7.72. The van der Waals surface area contributed by atoms with Crippen molar-refractivity contribution in [3.8, 4) is 51.0 Å². The first kappa shape index (κ1) is 32.6. The van der Waals surface area contributed by atoms with Gasteiger partial charge in [-0.1, -0.05) is 103 Å². The van der Waals surface area contributed by atoms with Gasteiger partial charge < -0.3 is 0 Å². The molecule has 2 aromatic heterocycles. The molecule has 8 aromatic rings. The molecule has 0 fully saturated rings. The molecule has 0 radical (unpaired) electrons. The summed E-state index contributed by atoms with van der Waals surface area (Å²) >= 11 is 0. The van der Waals surface area contributed by atoms with E-state index in [-0.39, 0.29) is 17.2 Å². The normalized spacial score (nSPS) is 12.0. The molecule has 2 heterocycles. The number of halogens is 6. The van der Waals surface area contributed by atoms with Crippen molar-refractivity contribution in [2.45, 2.75) is 12.4 Å². The fourth-order valence-electron chi connectivity index (χ4n) is 6.50. The van der Waals surface area contributed by atoms with Crippen LogP contribution < -0.4 is 0 Å². The summed E-state index contributed by atoms with van der Waals surface area (Å²) in [5.74, 6) is 0. The first-order valence-corrected chi connectivity index (χ1v) is 16.0. The third-order valence-corrected chi connectivity index (χ3v) is 8.90. The lowest BCUT2D eigenvalue weighted by atomic mass is 9.93. The van der Waals surface area contributed by atoms with E-state index in [4.69, 9.17) is 15.0 Å². The maximum absolute atomic E-state index is 13.7. The lowest BCUT2D eigenvalue weighted by Gasteiger charge is -2.17. The molecule has 0 saturated heterocycles. The number of alkyl halides is 6. The van der Waals surface area contributed by atoms with E-state index in [0.717, 1.165) is 11.1 Å². The Morgan fingerprint density at radius 3 is 1.52 bits per heavy atom. The van der Waals surface area contributed by atoms with Crippen LogP contribution in [0.3, 0.4) is 0 Å².